The van der Waals surface area contributed by atoms with Crippen molar-refractivity contribution in [3.05, 3.63) is 50.1 Å². The summed E-state index contributed by atoms with van der Waals surface area (Å²) in [7, 11) is 0. The lowest BCUT2D eigenvalue weighted by molar-refractivity contribution is -0.121. The highest BCUT2D eigenvalue weighted by atomic mass is 32.2. The van der Waals surface area contributed by atoms with Crippen molar-refractivity contribution in [2.45, 2.75) is 76.2 Å². The number of nitrogens with one attached hydrogen (secondary N) is 2. The second-order valence-electron chi connectivity index (χ2n) is 9.08. The average Bonchev–Trinajstić information content (AvgIpc) is 3.44. The molecule has 1 unspecified atom stereocenters. The highest BCUT2D eigenvalue weighted by molar-refractivity contribution is 8.00. The highest BCUT2D eigenvalue weighted by Gasteiger charge is 2.27. The zero-order chi connectivity index (χ0) is 25.3. The average molecular weight is 514 g/mol. The van der Waals surface area contributed by atoms with E-state index < -0.39 is 10.8 Å². The molecule has 2 heterocycles. The van der Waals surface area contributed by atoms with Crippen LogP contribution in [0.1, 0.15) is 65.4 Å². The second kappa shape index (κ2) is 10.4. The molecule has 0 saturated heterocycles. The number of amides is 2. The van der Waals surface area contributed by atoms with Gasteiger partial charge in [0.05, 0.1) is 15.5 Å². The molecular weight excluding hydrogens is 482 g/mol. The van der Waals surface area contributed by atoms with E-state index in [1.54, 1.807) is 6.92 Å². The zero-order valence-corrected chi connectivity index (χ0v) is 22.1. The number of anilines is 1. The Morgan fingerprint density at radius 3 is 2.63 bits per heavy atom. The van der Waals surface area contributed by atoms with Crippen molar-refractivity contribution in [2.75, 3.05) is 11.2 Å². The standard InChI is InChI=1S/C25H31N5O3S2/c1-5-18(21(31)27-16-8-6-7-9-16)34-25-29-23-19(24(33)30(25)26)15(4)20(35-23)22(32)28-17-11-10-13(2)12-14(17)3/h10-12,16,18H,5-9,26H2,1-4H3,(H,27,31)(H,28,32). The SMILES string of the molecule is CCC(Sc1nc2sc(C(=O)Nc3ccc(C)cc3C)c(C)c2c(=O)n1N)C(=O)NC1CCCC1. The third kappa shape index (κ3) is 5.23. The van der Waals surface area contributed by atoms with Gasteiger partial charge in [0, 0.05) is 11.7 Å². The fourth-order valence-corrected chi connectivity index (χ4v) is 6.48. The maximum Gasteiger partial charge on any atom is 0.281 e. The van der Waals surface area contributed by atoms with E-state index >= 15 is 0 Å². The number of hydrogen-bond donors (Lipinski definition) is 3. The summed E-state index contributed by atoms with van der Waals surface area (Å²) in [5.74, 6) is 5.77. The number of carbonyl (C=O) groups excluding carboxylic acids is 2. The van der Waals surface area contributed by atoms with E-state index in [1.165, 1.54) is 11.8 Å². The first-order valence-corrected chi connectivity index (χ1v) is 13.6. The van der Waals surface area contributed by atoms with Crippen molar-refractivity contribution in [3.63, 3.8) is 0 Å². The molecule has 2 amide bonds. The van der Waals surface area contributed by atoms with Crippen molar-refractivity contribution in [3.8, 4) is 0 Å². The summed E-state index contributed by atoms with van der Waals surface area (Å²) in [4.78, 5) is 44.5. The molecule has 1 aliphatic carbocycles. The topological polar surface area (TPSA) is 119 Å². The van der Waals surface area contributed by atoms with Crippen LogP contribution in [0.2, 0.25) is 0 Å². The predicted octanol–water partition coefficient (Wildman–Crippen LogP) is 4.28. The summed E-state index contributed by atoms with van der Waals surface area (Å²) >= 11 is 2.35. The molecule has 1 atom stereocenters. The summed E-state index contributed by atoms with van der Waals surface area (Å²) in [6.45, 7) is 7.59. The van der Waals surface area contributed by atoms with Crippen LogP contribution in [0, 0.1) is 20.8 Å². The molecule has 1 fully saturated rings. The zero-order valence-electron chi connectivity index (χ0n) is 20.4. The number of rotatable bonds is 7. The molecule has 0 aliphatic heterocycles. The number of nitrogens with two attached hydrogens (primary N) is 1. The maximum absolute atomic E-state index is 13.1. The number of nitrogen functional groups attached to an aromatic ring is 1. The summed E-state index contributed by atoms with van der Waals surface area (Å²) in [5.41, 5.74) is 2.91. The van der Waals surface area contributed by atoms with Crippen LogP contribution in [0.4, 0.5) is 5.69 Å². The van der Waals surface area contributed by atoms with E-state index in [0.717, 1.165) is 58.5 Å². The molecule has 10 heteroatoms. The van der Waals surface area contributed by atoms with Crippen LogP contribution >= 0.6 is 23.1 Å². The minimum Gasteiger partial charge on any atom is -0.352 e. The Bertz CT molecular complexity index is 1340. The number of nitrogens with zero attached hydrogens (tertiary/aromatic N) is 2. The van der Waals surface area contributed by atoms with Crippen LogP contribution in [-0.2, 0) is 4.79 Å². The van der Waals surface area contributed by atoms with E-state index in [1.807, 2.05) is 39.0 Å². The molecule has 1 aromatic carbocycles. The van der Waals surface area contributed by atoms with Crippen LogP contribution in [0.15, 0.2) is 28.2 Å². The minimum atomic E-state index is -0.428. The molecule has 35 heavy (non-hydrogen) atoms. The molecule has 186 valence electrons. The number of hydrogen-bond acceptors (Lipinski definition) is 7. The van der Waals surface area contributed by atoms with Crippen molar-refractivity contribution >= 4 is 50.8 Å². The van der Waals surface area contributed by atoms with Crippen molar-refractivity contribution in [1.82, 2.24) is 15.0 Å². The Balaban J connectivity index is 1.61. The number of thiophene rings is 1. The molecule has 0 bridgehead atoms. The third-order valence-electron chi connectivity index (χ3n) is 6.41. The van der Waals surface area contributed by atoms with E-state index in [-0.39, 0.29) is 23.0 Å². The van der Waals surface area contributed by atoms with Crippen LogP contribution in [0.5, 0.6) is 0 Å². The normalized spacial score (nSPS) is 14.9. The summed E-state index contributed by atoms with van der Waals surface area (Å²) in [6.07, 6.45) is 4.84. The van der Waals surface area contributed by atoms with E-state index in [0.29, 0.717) is 27.1 Å². The number of thioether (sulfide) groups is 1. The molecule has 4 rings (SSSR count). The number of benzene rings is 1. The van der Waals surface area contributed by atoms with Gasteiger partial charge in [-0.25, -0.2) is 9.66 Å². The Morgan fingerprint density at radius 2 is 1.97 bits per heavy atom. The van der Waals surface area contributed by atoms with Gasteiger partial charge in [0.2, 0.25) is 5.91 Å². The fourth-order valence-electron chi connectivity index (χ4n) is 4.42. The maximum atomic E-state index is 13.1. The molecule has 4 N–H and O–H groups in total. The molecule has 2 aromatic heterocycles. The first-order valence-electron chi connectivity index (χ1n) is 11.9. The van der Waals surface area contributed by atoms with E-state index in [9.17, 15) is 14.4 Å². The fraction of sp³-hybridized carbons (Fsp3) is 0.440. The Morgan fingerprint density at radius 1 is 1.26 bits per heavy atom. The van der Waals surface area contributed by atoms with Gasteiger partial charge in [0.25, 0.3) is 11.5 Å². The minimum absolute atomic E-state index is 0.0605. The van der Waals surface area contributed by atoms with Gasteiger partial charge in [-0.05, 0) is 57.2 Å². The van der Waals surface area contributed by atoms with Gasteiger partial charge in [-0.15, -0.1) is 11.3 Å². The summed E-state index contributed by atoms with van der Waals surface area (Å²) < 4.78 is 0.990. The Hall–Kier alpha value is -2.85. The van der Waals surface area contributed by atoms with Crippen LogP contribution in [0.25, 0.3) is 10.2 Å². The number of carbonyl (C=O) groups is 2. The van der Waals surface area contributed by atoms with Gasteiger partial charge in [-0.1, -0.05) is 49.2 Å². The summed E-state index contributed by atoms with van der Waals surface area (Å²) in [5, 5.41) is 6.23. The molecule has 8 nitrogen and oxygen atoms in total. The van der Waals surface area contributed by atoms with Crippen molar-refractivity contribution in [2.24, 2.45) is 0 Å². The largest absolute Gasteiger partial charge is 0.352 e. The predicted molar refractivity (Wildman–Crippen MR) is 143 cm³/mol. The number of fused-ring (bicyclic) bond motifs is 1. The van der Waals surface area contributed by atoms with Crippen molar-refractivity contribution in [1.29, 1.82) is 0 Å². The number of aromatic nitrogens is 2. The lowest BCUT2D eigenvalue weighted by Gasteiger charge is -2.18. The van der Waals surface area contributed by atoms with Crippen LogP contribution < -0.4 is 22.0 Å². The van der Waals surface area contributed by atoms with Gasteiger partial charge < -0.3 is 16.5 Å². The van der Waals surface area contributed by atoms with Crippen LogP contribution in [0.3, 0.4) is 0 Å². The molecule has 3 aromatic rings. The monoisotopic (exact) mass is 513 g/mol. The Labute approximate surface area is 212 Å². The quantitative estimate of drug-likeness (QED) is 0.246. The van der Waals surface area contributed by atoms with Crippen molar-refractivity contribution < 1.29 is 9.59 Å². The molecule has 1 saturated carbocycles. The molecular formula is C25H31N5O3S2. The first kappa shape index (κ1) is 25.2. The van der Waals surface area contributed by atoms with E-state index in [2.05, 4.69) is 15.6 Å². The van der Waals surface area contributed by atoms with Gasteiger partial charge >= 0.3 is 0 Å². The van der Waals surface area contributed by atoms with E-state index in [4.69, 9.17) is 5.84 Å². The van der Waals surface area contributed by atoms with Gasteiger partial charge in [0.15, 0.2) is 5.16 Å². The van der Waals surface area contributed by atoms with Crippen LogP contribution in [-0.4, -0.2) is 32.8 Å². The lowest BCUT2D eigenvalue weighted by atomic mass is 10.1. The second-order valence-corrected chi connectivity index (χ2v) is 11.3. The smallest absolute Gasteiger partial charge is 0.281 e. The molecule has 0 radical (unpaired) electrons. The lowest BCUT2D eigenvalue weighted by Crippen LogP contribution is -2.39. The van der Waals surface area contributed by atoms with Gasteiger partial charge in [-0.2, -0.15) is 0 Å². The van der Waals surface area contributed by atoms with Gasteiger partial charge in [0.1, 0.15) is 4.83 Å². The van der Waals surface area contributed by atoms with Gasteiger partial charge in [-0.3, -0.25) is 14.4 Å². The third-order valence-corrected chi connectivity index (χ3v) is 8.93. The number of aryl methyl sites for hydroxylation is 3. The highest BCUT2D eigenvalue weighted by Crippen LogP contribution is 2.31. The Kier molecular flexibility index (Phi) is 7.51. The molecule has 1 aliphatic rings. The first-order chi connectivity index (χ1) is 16.7. The summed E-state index contributed by atoms with van der Waals surface area (Å²) in [6, 6.07) is 6.02. The molecule has 0 spiro atoms.